The van der Waals surface area contributed by atoms with Gasteiger partial charge in [0, 0.05) is 23.7 Å². The lowest BCUT2D eigenvalue weighted by Crippen LogP contribution is -2.28. The largest absolute Gasteiger partial charge is 0.494 e. The summed E-state index contributed by atoms with van der Waals surface area (Å²) in [6.45, 7) is 5.48. The number of likely N-dealkylation sites (tertiary alicyclic amines) is 1. The van der Waals surface area contributed by atoms with Crippen molar-refractivity contribution in [1.82, 2.24) is 9.88 Å². The Bertz CT molecular complexity index is 918. The van der Waals surface area contributed by atoms with Gasteiger partial charge in [0.15, 0.2) is 5.88 Å². The Hall–Kier alpha value is -2.59. The highest BCUT2D eigenvalue weighted by Crippen LogP contribution is 2.29. The molecule has 134 valence electrons. The van der Waals surface area contributed by atoms with E-state index >= 15 is 0 Å². The summed E-state index contributed by atoms with van der Waals surface area (Å²) in [5.74, 6) is 0.166. The van der Waals surface area contributed by atoms with Crippen LogP contribution in [0.25, 0.3) is 10.9 Å². The number of rotatable bonds is 4. The maximum atomic E-state index is 10.2. The molecule has 26 heavy (non-hydrogen) atoms. The number of benzene rings is 2. The van der Waals surface area contributed by atoms with Gasteiger partial charge in [0.25, 0.3) is 0 Å². The molecule has 2 N–H and O–H groups in total. The van der Waals surface area contributed by atoms with Gasteiger partial charge in [-0.05, 0) is 62.2 Å². The van der Waals surface area contributed by atoms with Crippen molar-refractivity contribution in [2.75, 3.05) is 13.1 Å². The van der Waals surface area contributed by atoms with Gasteiger partial charge >= 0.3 is 0 Å². The molecule has 1 aliphatic rings. The van der Waals surface area contributed by atoms with E-state index in [-0.39, 0.29) is 5.88 Å². The number of fused-ring (bicyclic) bond motifs is 1. The minimum absolute atomic E-state index is 0.166. The summed E-state index contributed by atoms with van der Waals surface area (Å²) < 4.78 is 0. The summed E-state index contributed by atoms with van der Waals surface area (Å²) in [5, 5.41) is 11.2. The molecule has 2 aromatic carbocycles. The molecule has 2 heterocycles. The highest BCUT2D eigenvalue weighted by molar-refractivity contribution is 6.04. The smallest absolute Gasteiger partial charge is 0.198 e. The fraction of sp³-hybridized carbons (Fsp3) is 0.318. The lowest BCUT2D eigenvalue weighted by atomic mass is 10.1. The second kappa shape index (κ2) is 7.34. The number of aromatic hydroxyl groups is 1. The van der Waals surface area contributed by atoms with Crippen molar-refractivity contribution in [3.8, 4) is 5.88 Å². The van der Waals surface area contributed by atoms with E-state index in [1.54, 1.807) is 6.21 Å². The second-order valence-electron chi connectivity index (χ2n) is 7.15. The molecule has 1 saturated heterocycles. The molecule has 0 saturated carbocycles. The van der Waals surface area contributed by atoms with Crippen molar-refractivity contribution in [2.45, 2.75) is 32.7 Å². The van der Waals surface area contributed by atoms with Crippen LogP contribution < -0.4 is 0 Å². The standard InChI is InChI=1S/C22H25N3O/c1-16-6-5-7-20-21(16)19(22(26)24-20)14-23-18-10-8-17(9-11-18)15-25-12-3-2-4-13-25/h5-11,14,24,26H,2-4,12-13,15H2,1H3. The lowest BCUT2D eigenvalue weighted by Gasteiger charge is -2.26. The van der Waals surface area contributed by atoms with Crippen LogP contribution in [0.3, 0.4) is 0 Å². The van der Waals surface area contributed by atoms with Crippen molar-refractivity contribution in [3.63, 3.8) is 0 Å². The Kier molecular flexibility index (Phi) is 4.76. The van der Waals surface area contributed by atoms with Gasteiger partial charge in [0.2, 0.25) is 0 Å². The van der Waals surface area contributed by atoms with Gasteiger partial charge in [-0.3, -0.25) is 9.89 Å². The van der Waals surface area contributed by atoms with Crippen LogP contribution in [0.1, 0.15) is 36.0 Å². The lowest BCUT2D eigenvalue weighted by molar-refractivity contribution is 0.221. The number of H-pyrrole nitrogens is 1. The van der Waals surface area contributed by atoms with Crippen molar-refractivity contribution in [3.05, 3.63) is 59.2 Å². The predicted molar refractivity (Wildman–Crippen MR) is 108 cm³/mol. The number of hydrogen-bond acceptors (Lipinski definition) is 3. The second-order valence-corrected chi connectivity index (χ2v) is 7.15. The molecule has 0 bridgehead atoms. The quantitative estimate of drug-likeness (QED) is 0.658. The fourth-order valence-electron chi connectivity index (χ4n) is 3.77. The highest BCUT2D eigenvalue weighted by atomic mass is 16.3. The third-order valence-corrected chi connectivity index (χ3v) is 5.18. The zero-order chi connectivity index (χ0) is 17.9. The molecule has 0 aliphatic carbocycles. The SMILES string of the molecule is Cc1cccc2[nH]c(O)c(C=Nc3ccc(CN4CCCCC4)cc3)c12. The monoisotopic (exact) mass is 347 g/mol. The maximum absolute atomic E-state index is 10.2. The van der Waals surface area contributed by atoms with Crippen LogP contribution in [0.5, 0.6) is 5.88 Å². The molecule has 4 nitrogen and oxygen atoms in total. The van der Waals surface area contributed by atoms with Gasteiger partial charge in [0.1, 0.15) is 0 Å². The fourth-order valence-corrected chi connectivity index (χ4v) is 3.77. The van der Waals surface area contributed by atoms with Gasteiger partial charge in [-0.25, -0.2) is 0 Å². The van der Waals surface area contributed by atoms with Gasteiger partial charge in [0.05, 0.1) is 11.3 Å². The summed E-state index contributed by atoms with van der Waals surface area (Å²) in [6.07, 6.45) is 5.75. The van der Waals surface area contributed by atoms with E-state index < -0.39 is 0 Å². The molecular weight excluding hydrogens is 322 g/mol. The molecule has 1 aromatic heterocycles. The van der Waals surface area contributed by atoms with Gasteiger partial charge in [-0.15, -0.1) is 0 Å². The predicted octanol–water partition coefficient (Wildman–Crippen LogP) is 4.92. The Morgan fingerprint density at radius 1 is 1.08 bits per heavy atom. The first-order chi connectivity index (χ1) is 12.7. The Balaban J connectivity index is 1.51. The molecule has 4 rings (SSSR count). The Morgan fingerprint density at radius 2 is 1.85 bits per heavy atom. The normalized spacial score (nSPS) is 15.9. The average Bonchev–Trinajstić information content (AvgIpc) is 2.98. The number of aryl methyl sites for hydroxylation is 1. The third-order valence-electron chi connectivity index (χ3n) is 5.18. The van der Waals surface area contributed by atoms with Gasteiger partial charge in [-0.2, -0.15) is 0 Å². The number of nitrogens with one attached hydrogen (secondary N) is 1. The van der Waals surface area contributed by atoms with E-state index in [2.05, 4.69) is 39.1 Å². The van der Waals surface area contributed by atoms with Crippen LogP contribution >= 0.6 is 0 Å². The molecule has 0 spiro atoms. The van der Waals surface area contributed by atoms with Crippen molar-refractivity contribution < 1.29 is 5.11 Å². The summed E-state index contributed by atoms with van der Waals surface area (Å²) >= 11 is 0. The summed E-state index contributed by atoms with van der Waals surface area (Å²) in [7, 11) is 0. The number of aromatic amines is 1. The van der Waals surface area contributed by atoms with E-state index in [1.807, 2.05) is 25.1 Å². The number of aliphatic imine (C=N–C) groups is 1. The third kappa shape index (κ3) is 3.51. The van der Waals surface area contributed by atoms with Crippen LogP contribution in [0, 0.1) is 6.92 Å². The van der Waals surface area contributed by atoms with Crippen LogP contribution in [-0.2, 0) is 6.54 Å². The molecule has 1 aliphatic heterocycles. The van der Waals surface area contributed by atoms with Gasteiger partial charge in [-0.1, -0.05) is 30.7 Å². The number of aromatic nitrogens is 1. The Morgan fingerprint density at radius 3 is 2.62 bits per heavy atom. The molecule has 0 radical (unpaired) electrons. The molecule has 0 amide bonds. The summed E-state index contributed by atoms with van der Waals surface area (Å²) in [5.41, 5.74) is 5.03. The zero-order valence-electron chi connectivity index (χ0n) is 15.2. The van der Waals surface area contributed by atoms with E-state index in [9.17, 15) is 5.11 Å². The topological polar surface area (TPSA) is 51.6 Å². The maximum Gasteiger partial charge on any atom is 0.198 e. The van der Waals surface area contributed by atoms with Crippen LogP contribution in [0.15, 0.2) is 47.5 Å². The molecular formula is C22H25N3O. The zero-order valence-corrected chi connectivity index (χ0v) is 15.2. The van der Waals surface area contributed by atoms with E-state index in [4.69, 9.17) is 0 Å². The molecule has 3 aromatic rings. The van der Waals surface area contributed by atoms with Crippen molar-refractivity contribution in [1.29, 1.82) is 0 Å². The highest BCUT2D eigenvalue weighted by Gasteiger charge is 2.11. The van der Waals surface area contributed by atoms with Crippen LogP contribution in [0.2, 0.25) is 0 Å². The van der Waals surface area contributed by atoms with Crippen molar-refractivity contribution >= 4 is 22.8 Å². The Labute approximate surface area is 154 Å². The summed E-state index contributed by atoms with van der Waals surface area (Å²) in [4.78, 5) is 10.1. The van der Waals surface area contributed by atoms with E-state index in [1.165, 1.54) is 37.9 Å². The molecule has 1 fully saturated rings. The number of hydrogen-bond donors (Lipinski definition) is 2. The minimum atomic E-state index is 0.166. The van der Waals surface area contributed by atoms with Crippen molar-refractivity contribution in [2.24, 2.45) is 4.99 Å². The van der Waals surface area contributed by atoms with Gasteiger partial charge < -0.3 is 10.1 Å². The minimum Gasteiger partial charge on any atom is -0.494 e. The average molecular weight is 347 g/mol. The first kappa shape index (κ1) is 16.9. The number of nitrogens with zero attached hydrogens (tertiary/aromatic N) is 2. The molecule has 0 unspecified atom stereocenters. The molecule has 0 atom stereocenters. The summed E-state index contributed by atoms with van der Waals surface area (Å²) in [6, 6.07) is 14.4. The first-order valence-electron chi connectivity index (χ1n) is 9.36. The first-order valence-corrected chi connectivity index (χ1v) is 9.36. The van der Waals surface area contributed by atoms with Crippen LogP contribution in [0.4, 0.5) is 5.69 Å². The molecule has 4 heteroatoms. The van der Waals surface area contributed by atoms with E-state index in [0.717, 1.165) is 34.3 Å². The number of piperidine rings is 1. The van der Waals surface area contributed by atoms with Crippen LogP contribution in [-0.4, -0.2) is 34.3 Å². The van der Waals surface area contributed by atoms with E-state index in [0.29, 0.717) is 0 Å².